The van der Waals surface area contributed by atoms with Gasteiger partial charge in [-0.15, -0.1) is 0 Å². The van der Waals surface area contributed by atoms with Crippen LogP contribution in [0, 0.1) is 0 Å². The number of pyridine rings is 1. The number of benzene rings is 2. The lowest BCUT2D eigenvalue weighted by atomic mass is 10.1. The molecule has 0 fully saturated rings. The van der Waals surface area contributed by atoms with Gasteiger partial charge in [0.25, 0.3) is 5.91 Å². The van der Waals surface area contributed by atoms with Gasteiger partial charge >= 0.3 is 0 Å². The molecule has 1 N–H and O–H groups in total. The third-order valence-corrected chi connectivity index (χ3v) is 4.19. The van der Waals surface area contributed by atoms with Crippen molar-refractivity contribution < 1.29 is 18.7 Å². The summed E-state index contributed by atoms with van der Waals surface area (Å²) in [6.45, 7) is 0. The van der Waals surface area contributed by atoms with Crippen LogP contribution < -0.4 is 14.8 Å². The molecule has 0 atom stereocenters. The van der Waals surface area contributed by atoms with Crippen molar-refractivity contribution in [3.05, 3.63) is 66.5 Å². The summed E-state index contributed by atoms with van der Waals surface area (Å²) in [6.07, 6.45) is 3.30. The summed E-state index contributed by atoms with van der Waals surface area (Å²) in [4.78, 5) is 21.0. The molecule has 1 amide bonds. The first kappa shape index (κ1) is 17.5. The minimum atomic E-state index is -0.266. The van der Waals surface area contributed by atoms with Crippen LogP contribution in [0.2, 0.25) is 0 Å². The van der Waals surface area contributed by atoms with Crippen molar-refractivity contribution in [3.63, 3.8) is 0 Å². The molecule has 0 saturated carbocycles. The van der Waals surface area contributed by atoms with Gasteiger partial charge in [0.2, 0.25) is 5.89 Å². The standard InChI is InChI=1S/C21H17N3O4/c1-26-16-9-14(10-17(11-16)27-2)20(25)23-15-5-3-13(4-6-15)21-24-18-7-8-22-12-19(18)28-21/h3-12H,1-2H3,(H,23,25). The van der Waals surface area contributed by atoms with Crippen LogP contribution in [0.15, 0.2) is 65.3 Å². The highest BCUT2D eigenvalue weighted by molar-refractivity contribution is 6.04. The molecular formula is C21H17N3O4. The summed E-state index contributed by atoms with van der Waals surface area (Å²) in [6, 6.07) is 14.0. The number of methoxy groups -OCH3 is 2. The SMILES string of the molecule is COc1cc(OC)cc(C(=O)Nc2ccc(-c3nc4ccncc4o3)cc2)c1. The molecule has 0 saturated heterocycles. The molecule has 2 aromatic carbocycles. The molecular weight excluding hydrogens is 358 g/mol. The van der Waals surface area contributed by atoms with Gasteiger partial charge in [0.1, 0.15) is 17.0 Å². The Morgan fingerprint density at radius 3 is 2.36 bits per heavy atom. The van der Waals surface area contributed by atoms with Crippen LogP contribution in [0.3, 0.4) is 0 Å². The smallest absolute Gasteiger partial charge is 0.255 e. The average molecular weight is 375 g/mol. The number of nitrogens with zero attached hydrogens (tertiary/aromatic N) is 2. The van der Waals surface area contributed by atoms with Gasteiger partial charge in [-0.2, -0.15) is 0 Å². The summed E-state index contributed by atoms with van der Waals surface area (Å²) in [5.74, 6) is 1.33. The van der Waals surface area contributed by atoms with Crippen LogP contribution in [0.25, 0.3) is 22.6 Å². The van der Waals surface area contributed by atoms with E-state index >= 15 is 0 Å². The molecule has 0 unspecified atom stereocenters. The highest BCUT2D eigenvalue weighted by atomic mass is 16.5. The van der Waals surface area contributed by atoms with E-state index in [2.05, 4.69) is 15.3 Å². The minimum absolute atomic E-state index is 0.266. The maximum absolute atomic E-state index is 12.6. The summed E-state index contributed by atoms with van der Waals surface area (Å²) in [5, 5.41) is 2.86. The Bertz CT molecular complexity index is 1080. The Morgan fingerprint density at radius 1 is 1.00 bits per heavy atom. The Labute approximate surface area is 160 Å². The molecule has 4 rings (SSSR count). The van der Waals surface area contributed by atoms with Crippen molar-refractivity contribution in [1.29, 1.82) is 0 Å². The van der Waals surface area contributed by atoms with E-state index in [0.717, 1.165) is 11.1 Å². The number of amides is 1. The molecule has 0 aliphatic carbocycles. The number of carbonyl (C=O) groups excluding carboxylic acids is 1. The Morgan fingerprint density at radius 2 is 1.71 bits per heavy atom. The zero-order valence-corrected chi connectivity index (χ0v) is 15.3. The van der Waals surface area contributed by atoms with E-state index in [1.807, 2.05) is 12.1 Å². The van der Waals surface area contributed by atoms with E-state index in [1.54, 1.807) is 48.8 Å². The van der Waals surface area contributed by atoms with Crippen LogP contribution in [0.5, 0.6) is 11.5 Å². The first-order valence-electron chi connectivity index (χ1n) is 8.51. The Hall–Kier alpha value is -3.87. The third-order valence-electron chi connectivity index (χ3n) is 4.19. The highest BCUT2D eigenvalue weighted by Crippen LogP contribution is 2.26. The number of aromatic nitrogens is 2. The van der Waals surface area contributed by atoms with Crippen LogP contribution in [0.1, 0.15) is 10.4 Å². The molecule has 2 aromatic heterocycles. The summed E-state index contributed by atoms with van der Waals surface area (Å²) >= 11 is 0. The number of hydrogen-bond acceptors (Lipinski definition) is 6. The van der Waals surface area contributed by atoms with Crippen molar-refractivity contribution in [2.75, 3.05) is 19.5 Å². The van der Waals surface area contributed by atoms with Gasteiger partial charge in [-0.1, -0.05) is 0 Å². The maximum atomic E-state index is 12.6. The van der Waals surface area contributed by atoms with E-state index in [0.29, 0.717) is 34.2 Å². The minimum Gasteiger partial charge on any atom is -0.497 e. The molecule has 0 radical (unpaired) electrons. The molecule has 2 heterocycles. The maximum Gasteiger partial charge on any atom is 0.255 e. The summed E-state index contributed by atoms with van der Waals surface area (Å²) in [7, 11) is 3.08. The van der Waals surface area contributed by atoms with Crippen LogP contribution in [-0.4, -0.2) is 30.1 Å². The lowest BCUT2D eigenvalue weighted by molar-refractivity contribution is 0.102. The number of carbonyl (C=O) groups is 1. The fraction of sp³-hybridized carbons (Fsp3) is 0.0952. The van der Waals surface area contributed by atoms with Gasteiger partial charge in [-0.25, -0.2) is 4.98 Å². The lowest BCUT2D eigenvalue weighted by Gasteiger charge is -2.09. The monoisotopic (exact) mass is 375 g/mol. The number of oxazole rings is 1. The van der Waals surface area contributed by atoms with E-state index in [4.69, 9.17) is 13.9 Å². The van der Waals surface area contributed by atoms with Gasteiger partial charge in [-0.3, -0.25) is 9.78 Å². The number of anilines is 1. The molecule has 4 aromatic rings. The molecule has 0 bridgehead atoms. The fourth-order valence-electron chi connectivity index (χ4n) is 2.74. The van der Waals surface area contributed by atoms with Crippen molar-refractivity contribution in [3.8, 4) is 23.0 Å². The second kappa shape index (κ2) is 7.40. The second-order valence-electron chi connectivity index (χ2n) is 6.00. The topological polar surface area (TPSA) is 86.5 Å². The van der Waals surface area contributed by atoms with Crippen LogP contribution >= 0.6 is 0 Å². The first-order chi connectivity index (χ1) is 13.7. The van der Waals surface area contributed by atoms with E-state index < -0.39 is 0 Å². The Kier molecular flexibility index (Phi) is 4.63. The van der Waals surface area contributed by atoms with Crippen LogP contribution in [0.4, 0.5) is 5.69 Å². The number of fused-ring (bicyclic) bond motifs is 1. The molecule has 0 aliphatic heterocycles. The van der Waals surface area contributed by atoms with Gasteiger partial charge in [0.15, 0.2) is 5.58 Å². The predicted molar refractivity (Wildman–Crippen MR) is 105 cm³/mol. The molecule has 7 heteroatoms. The zero-order chi connectivity index (χ0) is 19.5. The number of hydrogen-bond donors (Lipinski definition) is 1. The van der Waals surface area contributed by atoms with E-state index in [1.165, 1.54) is 14.2 Å². The summed E-state index contributed by atoms with van der Waals surface area (Å²) in [5.41, 5.74) is 3.26. The average Bonchev–Trinajstić information content (AvgIpc) is 3.18. The van der Waals surface area contributed by atoms with E-state index in [-0.39, 0.29) is 5.91 Å². The molecule has 0 spiro atoms. The lowest BCUT2D eigenvalue weighted by Crippen LogP contribution is -2.12. The molecule has 7 nitrogen and oxygen atoms in total. The molecule has 140 valence electrons. The highest BCUT2D eigenvalue weighted by Gasteiger charge is 2.12. The van der Waals surface area contributed by atoms with E-state index in [9.17, 15) is 4.79 Å². The molecule has 28 heavy (non-hydrogen) atoms. The fourth-order valence-corrected chi connectivity index (χ4v) is 2.74. The van der Waals surface area contributed by atoms with Gasteiger partial charge in [-0.05, 0) is 42.5 Å². The van der Waals surface area contributed by atoms with Crippen molar-refractivity contribution in [2.24, 2.45) is 0 Å². The third kappa shape index (κ3) is 3.50. The summed E-state index contributed by atoms with van der Waals surface area (Å²) < 4.78 is 16.1. The van der Waals surface area contributed by atoms with Gasteiger partial charge < -0.3 is 19.2 Å². The number of rotatable bonds is 5. The van der Waals surface area contributed by atoms with Gasteiger partial charge in [0, 0.05) is 29.1 Å². The number of ether oxygens (including phenoxy) is 2. The zero-order valence-electron chi connectivity index (χ0n) is 15.3. The Balaban J connectivity index is 1.53. The quantitative estimate of drug-likeness (QED) is 0.564. The largest absolute Gasteiger partial charge is 0.497 e. The molecule has 0 aliphatic rings. The first-order valence-corrected chi connectivity index (χ1v) is 8.51. The number of nitrogens with one attached hydrogen (secondary N) is 1. The second-order valence-corrected chi connectivity index (χ2v) is 6.00. The normalized spacial score (nSPS) is 10.6. The van der Waals surface area contributed by atoms with Crippen molar-refractivity contribution >= 4 is 22.7 Å². The van der Waals surface area contributed by atoms with Crippen molar-refractivity contribution in [2.45, 2.75) is 0 Å². The van der Waals surface area contributed by atoms with Crippen LogP contribution in [-0.2, 0) is 0 Å². The predicted octanol–water partition coefficient (Wildman–Crippen LogP) is 4.16. The van der Waals surface area contributed by atoms with Gasteiger partial charge in [0.05, 0.1) is 20.4 Å². The van der Waals surface area contributed by atoms with Crippen molar-refractivity contribution in [1.82, 2.24) is 9.97 Å².